The molecule has 0 amide bonds. The topological polar surface area (TPSA) is 63.2 Å². The van der Waals surface area contributed by atoms with Crippen LogP contribution < -0.4 is 15.0 Å². The molecular weight excluding hydrogens is 326 g/mol. The molecule has 0 saturated heterocycles. The van der Waals surface area contributed by atoms with Gasteiger partial charge in [-0.15, -0.1) is 5.10 Å². The number of nitrogens with zero attached hydrogens (tertiary/aromatic N) is 4. The number of aromatic nitrogens is 3. The minimum atomic E-state index is 0.486. The smallest absolute Gasteiger partial charge is 0.244 e. The first-order valence-corrected chi connectivity index (χ1v) is 8.61. The third-order valence-corrected chi connectivity index (χ3v) is 4.08. The van der Waals surface area contributed by atoms with Crippen LogP contribution in [0.15, 0.2) is 54.7 Å². The van der Waals surface area contributed by atoms with E-state index in [1.807, 2.05) is 30.3 Å². The Labute approximate surface area is 153 Å². The second kappa shape index (κ2) is 8.29. The first-order chi connectivity index (χ1) is 12.7. The molecule has 6 heteroatoms. The largest absolute Gasteiger partial charge is 0.496 e. The van der Waals surface area contributed by atoms with Gasteiger partial charge in [-0.2, -0.15) is 10.1 Å². The van der Waals surface area contributed by atoms with Crippen LogP contribution in [-0.2, 0) is 6.54 Å². The lowest BCUT2D eigenvalue weighted by Crippen LogP contribution is -2.19. The van der Waals surface area contributed by atoms with Crippen molar-refractivity contribution in [1.82, 2.24) is 15.2 Å². The van der Waals surface area contributed by atoms with Crippen LogP contribution in [0, 0.1) is 6.92 Å². The second-order valence-electron chi connectivity index (χ2n) is 5.89. The fraction of sp³-hybridized carbons (Fsp3) is 0.250. The van der Waals surface area contributed by atoms with Gasteiger partial charge in [-0.3, -0.25) is 0 Å². The van der Waals surface area contributed by atoms with Gasteiger partial charge in [0.15, 0.2) is 5.82 Å². The van der Waals surface area contributed by atoms with Gasteiger partial charge in [0.1, 0.15) is 5.75 Å². The Morgan fingerprint density at radius 1 is 1.12 bits per heavy atom. The molecule has 0 aliphatic rings. The molecule has 26 heavy (non-hydrogen) atoms. The van der Waals surface area contributed by atoms with Crippen molar-refractivity contribution in [1.29, 1.82) is 0 Å². The zero-order valence-electron chi connectivity index (χ0n) is 15.3. The Kier molecular flexibility index (Phi) is 5.63. The molecule has 134 valence electrons. The first-order valence-electron chi connectivity index (χ1n) is 8.61. The number of benzene rings is 2. The average molecular weight is 349 g/mol. The highest BCUT2D eigenvalue weighted by atomic mass is 16.5. The fourth-order valence-corrected chi connectivity index (χ4v) is 2.80. The number of nitrogens with one attached hydrogen (secondary N) is 1. The SMILES string of the molecule is CCN(c1cccc(C)c1)c1cnnc(NCc2ccccc2OC)n1. The summed E-state index contributed by atoms with van der Waals surface area (Å²) in [5.41, 5.74) is 3.33. The van der Waals surface area contributed by atoms with Gasteiger partial charge >= 0.3 is 0 Å². The maximum Gasteiger partial charge on any atom is 0.244 e. The van der Waals surface area contributed by atoms with Crippen LogP contribution in [0.25, 0.3) is 0 Å². The summed E-state index contributed by atoms with van der Waals surface area (Å²) in [5, 5.41) is 11.4. The van der Waals surface area contributed by atoms with Crippen molar-refractivity contribution in [3.05, 3.63) is 65.9 Å². The van der Waals surface area contributed by atoms with E-state index in [9.17, 15) is 0 Å². The summed E-state index contributed by atoms with van der Waals surface area (Å²) in [6.45, 7) is 5.52. The van der Waals surface area contributed by atoms with Crippen molar-refractivity contribution in [2.24, 2.45) is 0 Å². The summed E-state index contributed by atoms with van der Waals surface area (Å²) in [6.07, 6.45) is 1.68. The molecule has 0 atom stereocenters. The van der Waals surface area contributed by atoms with Gasteiger partial charge in [-0.25, -0.2) is 0 Å². The van der Waals surface area contributed by atoms with Gasteiger partial charge < -0.3 is 15.0 Å². The first kappa shape index (κ1) is 17.7. The monoisotopic (exact) mass is 349 g/mol. The molecule has 0 radical (unpaired) electrons. The molecule has 0 aliphatic carbocycles. The molecule has 0 fully saturated rings. The Bertz CT molecular complexity index is 868. The van der Waals surface area contributed by atoms with Gasteiger partial charge in [-0.1, -0.05) is 30.3 Å². The molecule has 3 rings (SSSR count). The number of hydrogen-bond acceptors (Lipinski definition) is 6. The summed E-state index contributed by atoms with van der Waals surface area (Å²) < 4.78 is 5.38. The van der Waals surface area contributed by atoms with E-state index in [2.05, 4.69) is 57.4 Å². The Hall–Kier alpha value is -3.15. The van der Waals surface area contributed by atoms with Crippen molar-refractivity contribution < 1.29 is 4.74 Å². The number of para-hydroxylation sites is 1. The lowest BCUT2D eigenvalue weighted by atomic mass is 10.2. The summed E-state index contributed by atoms with van der Waals surface area (Å²) in [7, 11) is 1.67. The van der Waals surface area contributed by atoms with E-state index < -0.39 is 0 Å². The van der Waals surface area contributed by atoms with E-state index in [0.29, 0.717) is 12.5 Å². The van der Waals surface area contributed by atoms with E-state index in [-0.39, 0.29) is 0 Å². The number of methoxy groups -OCH3 is 1. The third kappa shape index (κ3) is 4.08. The summed E-state index contributed by atoms with van der Waals surface area (Å²) >= 11 is 0. The Morgan fingerprint density at radius 2 is 1.96 bits per heavy atom. The summed E-state index contributed by atoms with van der Waals surface area (Å²) in [6, 6.07) is 16.2. The highest BCUT2D eigenvalue weighted by Gasteiger charge is 2.11. The molecule has 1 N–H and O–H groups in total. The third-order valence-electron chi connectivity index (χ3n) is 4.08. The van der Waals surface area contributed by atoms with Gasteiger partial charge in [0.25, 0.3) is 0 Å². The highest BCUT2D eigenvalue weighted by Crippen LogP contribution is 2.24. The normalized spacial score (nSPS) is 10.4. The van der Waals surface area contributed by atoms with E-state index in [0.717, 1.165) is 29.4 Å². The molecule has 1 aromatic heterocycles. The number of ether oxygens (including phenoxy) is 1. The summed E-state index contributed by atoms with van der Waals surface area (Å²) in [4.78, 5) is 6.73. The summed E-state index contributed by atoms with van der Waals surface area (Å²) in [5.74, 6) is 2.08. The van der Waals surface area contributed by atoms with Gasteiger partial charge in [0.2, 0.25) is 5.95 Å². The van der Waals surface area contributed by atoms with Crippen LogP contribution in [0.3, 0.4) is 0 Å². The lowest BCUT2D eigenvalue weighted by molar-refractivity contribution is 0.410. The molecule has 0 bridgehead atoms. The fourth-order valence-electron chi connectivity index (χ4n) is 2.80. The maximum absolute atomic E-state index is 5.38. The minimum absolute atomic E-state index is 0.486. The van der Waals surface area contributed by atoms with E-state index in [1.165, 1.54) is 5.56 Å². The molecule has 3 aromatic rings. The molecular formula is C20H23N5O. The van der Waals surface area contributed by atoms with Crippen LogP contribution in [0.1, 0.15) is 18.1 Å². The van der Waals surface area contributed by atoms with E-state index in [1.54, 1.807) is 13.3 Å². The predicted molar refractivity (Wildman–Crippen MR) is 104 cm³/mol. The number of hydrogen-bond donors (Lipinski definition) is 1. The molecule has 2 aromatic carbocycles. The second-order valence-corrected chi connectivity index (χ2v) is 5.89. The molecule has 6 nitrogen and oxygen atoms in total. The highest BCUT2D eigenvalue weighted by molar-refractivity contribution is 5.60. The average Bonchev–Trinajstić information content (AvgIpc) is 2.68. The molecule has 0 spiro atoms. The van der Waals surface area contributed by atoms with Crippen molar-refractivity contribution in [2.45, 2.75) is 20.4 Å². The minimum Gasteiger partial charge on any atom is -0.496 e. The van der Waals surface area contributed by atoms with E-state index >= 15 is 0 Å². The quantitative estimate of drug-likeness (QED) is 0.697. The lowest BCUT2D eigenvalue weighted by Gasteiger charge is -2.22. The molecule has 1 heterocycles. The number of anilines is 3. The van der Waals surface area contributed by atoms with Crippen molar-refractivity contribution in [3.8, 4) is 5.75 Å². The molecule has 0 unspecified atom stereocenters. The zero-order valence-corrected chi connectivity index (χ0v) is 15.3. The van der Waals surface area contributed by atoms with Crippen LogP contribution in [0.2, 0.25) is 0 Å². The Morgan fingerprint density at radius 3 is 2.73 bits per heavy atom. The van der Waals surface area contributed by atoms with Crippen molar-refractivity contribution in [2.75, 3.05) is 23.9 Å². The predicted octanol–water partition coefficient (Wildman–Crippen LogP) is 3.96. The van der Waals surface area contributed by atoms with Crippen molar-refractivity contribution in [3.63, 3.8) is 0 Å². The molecule has 0 saturated carbocycles. The van der Waals surface area contributed by atoms with Gasteiger partial charge in [-0.05, 0) is 37.6 Å². The maximum atomic E-state index is 5.38. The molecule has 0 aliphatic heterocycles. The van der Waals surface area contributed by atoms with Crippen LogP contribution >= 0.6 is 0 Å². The van der Waals surface area contributed by atoms with E-state index in [4.69, 9.17) is 4.74 Å². The Balaban J connectivity index is 1.79. The van der Waals surface area contributed by atoms with Gasteiger partial charge in [0, 0.05) is 24.3 Å². The van der Waals surface area contributed by atoms with Crippen LogP contribution in [0.4, 0.5) is 17.5 Å². The standard InChI is InChI=1S/C20H23N5O/c1-4-25(17-10-7-8-15(2)12-17)19-14-22-24-20(23-19)21-13-16-9-5-6-11-18(16)26-3/h5-12,14H,4,13H2,1-3H3,(H,21,23,24). The zero-order chi connectivity index (χ0) is 18.4. The van der Waals surface area contributed by atoms with Gasteiger partial charge in [0.05, 0.1) is 13.3 Å². The number of rotatable bonds is 7. The van der Waals surface area contributed by atoms with Crippen molar-refractivity contribution >= 4 is 17.5 Å². The van der Waals surface area contributed by atoms with Crippen LogP contribution in [0.5, 0.6) is 5.75 Å². The van der Waals surface area contributed by atoms with Crippen LogP contribution in [-0.4, -0.2) is 28.8 Å². The number of aryl methyl sites for hydroxylation is 1.